The smallest absolute Gasteiger partial charge is 0.262 e. The van der Waals surface area contributed by atoms with Gasteiger partial charge in [-0.1, -0.05) is 35.9 Å². The van der Waals surface area contributed by atoms with Gasteiger partial charge in [0.05, 0.1) is 17.1 Å². The molecule has 0 aliphatic rings. The molecule has 0 amide bonds. The van der Waals surface area contributed by atoms with Crippen LogP contribution in [0.4, 0.5) is 5.69 Å². The Labute approximate surface area is 130 Å². The van der Waals surface area contributed by atoms with Gasteiger partial charge in [-0.05, 0) is 42.8 Å². The molecule has 3 nitrogen and oxygen atoms in total. The van der Waals surface area contributed by atoms with E-state index < -0.39 is 10.0 Å². The van der Waals surface area contributed by atoms with E-state index in [9.17, 15) is 8.42 Å². The zero-order valence-electron chi connectivity index (χ0n) is 11.7. The van der Waals surface area contributed by atoms with Crippen LogP contribution in [0.5, 0.6) is 0 Å². The van der Waals surface area contributed by atoms with Gasteiger partial charge in [0.2, 0.25) is 0 Å². The second-order valence-corrected chi connectivity index (χ2v) is 6.86. The van der Waals surface area contributed by atoms with Crippen molar-refractivity contribution in [2.24, 2.45) is 0 Å². The molecule has 0 N–H and O–H groups in total. The van der Waals surface area contributed by atoms with Crippen molar-refractivity contribution >= 4 is 27.3 Å². The van der Waals surface area contributed by atoms with Crippen LogP contribution >= 0.6 is 11.6 Å². The van der Waals surface area contributed by atoms with Crippen molar-refractivity contribution in [2.45, 2.75) is 11.8 Å². The van der Waals surface area contributed by atoms with E-state index in [2.05, 4.69) is 6.58 Å². The third-order valence-electron chi connectivity index (χ3n) is 3.08. The molecule has 0 bridgehead atoms. The van der Waals surface area contributed by atoms with Gasteiger partial charge < -0.3 is 0 Å². The molecular weight excluding hydrogens is 306 g/mol. The largest absolute Gasteiger partial charge is 0.264 e. The molecule has 0 fully saturated rings. The molecule has 21 heavy (non-hydrogen) atoms. The minimum absolute atomic E-state index is 0.204. The average molecular weight is 322 g/mol. The number of hydrogen-bond donors (Lipinski definition) is 0. The van der Waals surface area contributed by atoms with Crippen LogP contribution in [0.15, 0.2) is 66.1 Å². The summed E-state index contributed by atoms with van der Waals surface area (Å²) in [6.45, 7) is 5.73. The van der Waals surface area contributed by atoms with Crippen LogP contribution in [0.1, 0.15) is 5.56 Å². The SMILES string of the molecule is C=CCN(c1ccccc1C)S(=O)(=O)c1ccc(Cl)cc1. The predicted octanol–water partition coefficient (Wildman–Crippen LogP) is 4.03. The molecule has 0 aliphatic carbocycles. The van der Waals surface area contributed by atoms with Crippen LogP contribution in [0.3, 0.4) is 0 Å². The Morgan fingerprint density at radius 2 is 1.76 bits per heavy atom. The number of sulfonamides is 1. The van der Waals surface area contributed by atoms with Gasteiger partial charge in [0.1, 0.15) is 0 Å². The molecular formula is C16H16ClNO2S. The Balaban J connectivity index is 2.54. The van der Waals surface area contributed by atoms with E-state index in [1.165, 1.54) is 16.4 Å². The fourth-order valence-corrected chi connectivity index (χ4v) is 3.65. The standard InChI is InChI=1S/C16H16ClNO2S/c1-3-12-18(16-7-5-4-6-13(16)2)21(19,20)15-10-8-14(17)9-11-15/h3-11H,1,12H2,2H3. The molecule has 0 unspecified atom stereocenters. The number of para-hydroxylation sites is 1. The molecule has 0 saturated heterocycles. The third-order valence-corrected chi connectivity index (χ3v) is 5.13. The van der Waals surface area contributed by atoms with Gasteiger partial charge in [0, 0.05) is 5.02 Å². The minimum Gasteiger partial charge on any atom is -0.262 e. The van der Waals surface area contributed by atoms with E-state index in [1.807, 2.05) is 25.1 Å². The summed E-state index contributed by atoms with van der Waals surface area (Å²) in [6.07, 6.45) is 1.57. The second kappa shape index (κ2) is 6.33. The van der Waals surface area contributed by atoms with Gasteiger partial charge in [-0.25, -0.2) is 8.42 Å². The molecule has 2 aromatic rings. The maximum Gasteiger partial charge on any atom is 0.264 e. The summed E-state index contributed by atoms with van der Waals surface area (Å²) in [6, 6.07) is 13.5. The van der Waals surface area contributed by atoms with Gasteiger partial charge >= 0.3 is 0 Å². The highest BCUT2D eigenvalue weighted by Gasteiger charge is 2.24. The topological polar surface area (TPSA) is 37.4 Å². The number of aryl methyl sites for hydroxylation is 1. The van der Waals surface area contributed by atoms with E-state index in [4.69, 9.17) is 11.6 Å². The van der Waals surface area contributed by atoms with E-state index in [-0.39, 0.29) is 11.4 Å². The molecule has 0 atom stereocenters. The van der Waals surface area contributed by atoms with Crippen molar-refractivity contribution in [3.05, 3.63) is 71.8 Å². The number of benzene rings is 2. The van der Waals surface area contributed by atoms with Crippen molar-refractivity contribution in [2.75, 3.05) is 10.8 Å². The first-order valence-corrected chi connectivity index (χ1v) is 8.23. The summed E-state index contributed by atoms with van der Waals surface area (Å²) < 4.78 is 27.0. The molecule has 0 heterocycles. The lowest BCUT2D eigenvalue weighted by Gasteiger charge is -2.24. The number of rotatable bonds is 5. The van der Waals surface area contributed by atoms with E-state index in [0.717, 1.165) is 5.56 Å². The molecule has 2 rings (SSSR count). The molecule has 110 valence electrons. The van der Waals surface area contributed by atoms with Crippen LogP contribution in [-0.4, -0.2) is 15.0 Å². The van der Waals surface area contributed by atoms with Crippen LogP contribution in [-0.2, 0) is 10.0 Å². The number of nitrogens with zero attached hydrogens (tertiary/aromatic N) is 1. The lowest BCUT2D eigenvalue weighted by Crippen LogP contribution is -2.31. The Bertz CT molecular complexity index is 739. The Kier molecular flexibility index (Phi) is 4.70. The van der Waals surface area contributed by atoms with Crippen LogP contribution in [0.2, 0.25) is 5.02 Å². The van der Waals surface area contributed by atoms with Crippen LogP contribution in [0, 0.1) is 6.92 Å². The molecule has 0 spiro atoms. The van der Waals surface area contributed by atoms with Crippen molar-refractivity contribution in [3.63, 3.8) is 0 Å². The second-order valence-electron chi connectivity index (χ2n) is 4.57. The first-order valence-electron chi connectivity index (χ1n) is 6.41. The molecule has 0 radical (unpaired) electrons. The fourth-order valence-electron chi connectivity index (χ4n) is 2.02. The van der Waals surface area contributed by atoms with Crippen molar-refractivity contribution in [1.82, 2.24) is 0 Å². The molecule has 0 aromatic heterocycles. The van der Waals surface area contributed by atoms with Gasteiger partial charge in [-0.2, -0.15) is 0 Å². The molecule has 5 heteroatoms. The highest BCUT2D eigenvalue weighted by atomic mass is 35.5. The van der Waals surface area contributed by atoms with E-state index >= 15 is 0 Å². The van der Waals surface area contributed by atoms with Gasteiger partial charge in [-0.15, -0.1) is 6.58 Å². The summed E-state index contributed by atoms with van der Waals surface area (Å²) in [5.41, 5.74) is 1.53. The summed E-state index contributed by atoms with van der Waals surface area (Å²) >= 11 is 5.82. The number of hydrogen-bond acceptors (Lipinski definition) is 2. The third kappa shape index (κ3) is 3.28. The Morgan fingerprint density at radius 1 is 1.14 bits per heavy atom. The van der Waals surface area contributed by atoms with Crippen molar-refractivity contribution in [1.29, 1.82) is 0 Å². The Hall–Kier alpha value is -1.78. The maximum absolute atomic E-state index is 12.8. The number of halogens is 1. The first kappa shape index (κ1) is 15.6. The maximum atomic E-state index is 12.8. The van der Waals surface area contributed by atoms with E-state index in [1.54, 1.807) is 24.3 Å². The monoisotopic (exact) mass is 321 g/mol. The van der Waals surface area contributed by atoms with Gasteiger partial charge in [0.25, 0.3) is 10.0 Å². The highest BCUT2D eigenvalue weighted by molar-refractivity contribution is 7.92. The summed E-state index contributed by atoms with van der Waals surface area (Å²) in [5, 5.41) is 0.500. The molecule has 2 aromatic carbocycles. The van der Waals surface area contributed by atoms with Crippen LogP contribution < -0.4 is 4.31 Å². The lowest BCUT2D eigenvalue weighted by molar-refractivity contribution is 0.592. The van der Waals surface area contributed by atoms with Gasteiger partial charge in [0.15, 0.2) is 0 Å². The Morgan fingerprint density at radius 3 is 2.33 bits per heavy atom. The molecule has 0 saturated carbocycles. The highest BCUT2D eigenvalue weighted by Crippen LogP contribution is 2.27. The number of anilines is 1. The van der Waals surface area contributed by atoms with Crippen LogP contribution in [0.25, 0.3) is 0 Å². The lowest BCUT2D eigenvalue weighted by atomic mass is 10.2. The zero-order valence-corrected chi connectivity index (χ0v) is 13.2. The summed E-state index contributed by atoms with van der Waals surface area (Å²) in [4.78, 5) is 0.206. The van der Waals surface area contributed by atoms with Gasteiger partial charge in [-0.3, -0.25) is 4.31 Å². The quantitative estimate of drug-likeness (QED) is 0.780. The van der Waals surface area contributed by atoms with Crippen molar-refractivity contribution < 1.29 is 8.42 Å². The normalized spacial score (nSPS) is 11.1. The zero-order chi connectivity index (χ0) is 15.5. The first-order chi connectivity index (χ1) is 9.96. The minimum atomic E-state index is -3.65. The average Bonchev–Trinajstić information content (AvgIpc) is 2.46. The summed E-state index contributed by atoms with van der Waals surface area (Å²) in [7, 11) is -3.65. The predicted molar refractivity (Wildman–Crippen MR) is 87.4 cm³/mol. The molecule has 0 aliphatic heterocycles. The summed E-state index contributed by atoms with van der Waals surface area (Å²) in [5.74, 6) is 0. The van der Waals surface area contributed by atoms with E-state index in [0.29, 0.717) is 10.7 Å². The van der Waals surface area contributed by atoms with Crippen molar-refractivity contribution in [3.8, 4) is 0 Å². The fraction of sp³-hybridized carbons (Fsp3) is 0.125.